The number of hydrogen-bond donors (Lipinski definition) is 1. The molecule has 1 heterocycles. The predicted molar refractivity (Wildman–Crippen MR) is 98.5 cm³/mol. The first-order valence-corrected chi connectivity index (χ1v) is 8.34. The maximum atomic E-state index is 12.4. The highest BCUT2D eigenvalue weighted by atomic mass is 16.2. The van der Waals surface area contributed by atoms with Gasteiger partial charge in [0.1, 0.15) is 6.54 Å². The molecule has 2 amide bonds. The van der Waals surface area contributed by atoms with Gasteiger partial charge in [-0.25, -0.2) is 5.01 Å². The van der Waals surface area contributed by atoms with Crippen LogP contribution in [0, 0.1) is 13.8 Å². The van der Waals surface area contributed by atoms with Crippen LogP contribution < -0.4 is 5.32 Å². The highest BCUT2D eigenvalue weighted by Crippen LogP contribution is 2.19. The van der Waals surface area contributed by atoms with Crippen molar-refractivity contribution in [3.8, 4) is 0 Å². The Morgan fingerprint density at radius 3 is 2.60 bits per heavy atom. The van der Waals surface area contributed by atoms with Crippen LogP contribution in [0.15, 0.2) is 53.6 Å². The second-order valence-electron chi connectivity index (χ2n) is 6.16. The van der Waals surface area contributed by atoms with Crippen LogP contribution in [0.25, 0.3) is 0 Å². The summed E-state index contributed by atoms with van der Waals surface area (Å²) in [6, 6.07) is 15.5. The molecular weight excluding hydrogens is 314 g/mol. The average molecular weight is 335 g/mol. The third-order valence-electron chi connectivity index (χ3n) is 4.38. The predicted octanol–water partition coefficient (Wildman–Crippen LogP) is 3.27. The van der Waals surface area contributed by atoms with Crippen LogP contribution >= 0.6 is 0 Å². The number of hydrogen-bond acceptors (Lipinski definition) is 3. The average Bonchev–Trinajstić information content (AvgIpc) is 2.61. The lowest BCUT2D eigenvalue weighted by molar-refractivity contribution is -0.135. The maximum absolute atomic E-state index is 12.4. The minimum atomic E-state index is -0.250. The van der Waals surface area contributed by atoms with E-state index < -0.39 is 0 Å². The lowest BCUT2D eigenvalue weighted by Gasteiger charge is -2.23. The van der Waals surface area contributed by atoms with Crippen LogP contribution in [0.2, 0.25) is 0 Å². The van der Waals surface area contributed by atoms with E-state index in [0.29, 0.717) is 12.8 Å². The number of amides is 2. The fourth-order valence-electron chi connectivity index (χ4n) is 2.77. The largest absolute Gasteiger partial charge is 0.324 e. The van der Waals surface area contributed by atoms with Crippen LogP contribution in [-0.4, -0.2) is 29.1 Å². The molecule has 0 fully saturated rings. The molecule has 0 spiro atoms. The zero-order valence-corrected chi connectivity index (χ0v) is 14.5. The van der Waals surface area contributed by atoms with Gasteiger partial charge in [-0.3, -0.25) is 9.59 Å². The minimum absolute atomic E-state index is 0.0808. The number of carbonyl (C=O) groups excluding carboxylic acids is 2. The molecule has 0 radical (unpaired) electrons. The third kappa shape index (κ3) is 3.94. The van der Waals surface area contributed by atoms with E-state index in [9.17, 15) is 9.59 Å². The molecule has 0 bridgehead atoms. The Morgan fingerprint density at radius 2 is 1.84 bits per heavy atom. The highest BCUT2D eigenvalue weighted by Gasteiger charge is 2.23. The van der Waals surface area contributed by atoms with Crippen molar-refractivity contribution in [1.82, 2.24) is 5.01 Å². The van der Waals surface area contributed by atoms with Crippen LogP contribution in [0.3, 0.4) is 0 Å². The van der Waals surface area contributed by atoms with Crippen molar-refractivity contribution in [2.45, 2.75) is 26.7 Å². The lowest BCUT2D eigenvalue weighted by Crippen LogP contribution is -2.38. The van der Waals surface area contributed by atoms with Gasteiger partial charge in [-0.2, -0.15) is 5.10 Å². The third-order valence-corrected chi connectivity index (χ3v) is 4.38. The normalized spacial score (nSPS) is 14.2. The Balaban J connectivity index is 1.73. The summed E-state index contributed by atoms with van der Waals surface area (Å²) in [5.74, 6) is -0.379. The Bertz CT molecular complexity index is 828. The van der Waals surface area contributed by atoms with Crippen LogP contribution in [-0.2, 0) is 9.59 Å². The number of aryl methyl sites for hydroxylation is 1. The van der Waals surface area contributed by atoms with E-state index in [1.807, 2.05) is 62.4 Å². The molecule has 3 rings (SSSR count). The molecule has 5 heteroatoms. The number of nitrogens with zero attached hydrogens (tertiary/aromatic N) is 2. The zero-order valence-electron chi connectivity index (χ0n) is 14.5. The molecule has 1 N–H and O–H groups in total. The summed E-state index contributed by atoms with van der Waals surface area (Å²) in [5.41, 5.74) is 4.71. The SMILES string of the molecule is Cc1cccc(NC(=O)CN2N=C(c3ccccc3)CCC2=O)c1C. The second-order valence-corrected chi connectivity index (χ2v) is 6.16. The Hall–Kier alpha value is -2.95. The van der Waals surface area contributed by atoms with E-state index in [4.69, 9.17) is 0 Å². The van der Waals surface area contributed by atoms with Crippen molar-refractivity contribution in [2.75, 3.05) is 11.9 Å². The number of nitrogens with one attached hydrogen (secondary N) is 1. The number of rotatable bonds is 4. The fourth-order valence-corrected chi connectivity index (χ4v) is 2.77. The van der Waals surface area contributed by atoms with Crippen LogP contribution in [0.5, 0.6) is 0 Å². The van der Waals surface area contributed by atoms with Crippen molar-refractivity contribution in [3.63, 3.8) is 0 Å². The first-order chi connectivity index (χ1) is 12.0. The summed E-state index contributed by atoms with van der Waals surface area (Å²) >= 11 is 0. The van der Waals surface area contributed by atoms with Gasteiger partial charge >= 0.3 is 0 Å². The summed E-state index contributed by atoms with van der Waals surface area (Å²) in [6.07, 6.45) is 0.961. The fraction of sp³-hybridized carbons (Fsp3) is 0.250. The smallest absolute Gasteiger partial charge is 0.246 e. The van der Waals surface area contributed by atoms with Gasteiger partial charge in [-0.05, 0) is 36.6 Å². The highest BCUT2D eigenvalue weighted by molar-refractivity contribution is 6.05. The second kappa shape index (κ2) is 7.30. The van der Waals surface area contributed by atoms with E-state index in [-0.39, 0.29) is 18.4 Å². The maximum Gasteiger partial charge on any atom is 0.246 e. The van der Waals surface area contributed by atoms with E-state index in [0.717, 1.165) is 28.1 Å². The van der Waals surface area contributed by atoms with E-state index >= 15 is 0 Å². The molecule has 0 atom stereocenters. The summed E-state index contributed by atoms with van der Waals surface area (Å²) in [4.78, 5) is 24.5. The van der Waals surface area contributed by atoms with Crippen molar-refractivity contribution < 1.29 is 9.59 Å². The van der Waals surface area contributed by atoms with Gasteiger partial charge < -0.3 is 5.32 Å². The molecule has 2 aromatic rings. The lowest BCUT2D eigenvalue weighted by atomic mass is 10.0. The molecular formula is C20H21N3O2. The van der Waals surface area contributed by atoms with Crippen molar-refractivity contribution in [1.29, 1.82) is 0 Å². The van der Waals surface area contributed by atoms with Crippen molar-refractivity contribution in [3.05, 3.63) is 65.2 Å². The molecule has 0 saturated heterocycles. The summed E-state index contributed by atoms with van der Waals surface area (Å²) < 4.78 is 0. The van der Waals surface area contributed by atoms with Gasteiger partial charge in [-0.15, -0.1) is 0 Å². The standard InChI is InChI=1S/C20H21N3O2/c1-14-7-6-10-17(15(14)2)21-19(24)13-23-20(25)12-11-18(22-23)16-8-4-3-5-9-16/h3-10H,11-13H2,1-2H3,(H,21,24). The minimum Gasteiger partial charge on any atom is -0.324 e. The van der Waals surface area contributed by atoms with Crippen molar-refractivity contribution >= 4 is 23.2 Å². The zero-order chi connectivity index (χ0) is 17.8. The van der Waals surface area contributed by atoms with Gasteiger partial charge in [0, 0.05) is 18.5 Å². The quantitative estimate of drug-likeness (QED) is 0.932. The Labute approximate surface area is 147 Å². The molecule has 25 heavy (non-hydrogen) atoms. The summed E-state index contributed by atoms with van der Waals surface area (Å²) in [5, 5.41) is 8.54. The van der Waals surface area contributed by atoms with E-state index in [2.05, 4.69) is 10.4 Å². The van der Waals surface area contributed by atoms with Crippen LogP contribution in [0.1, 0.15) is 29.5 Å². The molecule has 0 aliphatic carbocycles. The molecule has 5 nitrogen and oxygen atoms in total. The number of hydrazone groups is 1. The molecule has 128 valence electrons. The molecule has 0 aromatic heterocycles. The Morgan fingerprint density at radius 1 is 1.08 bits per heavy atom. The van der Waals surface area contributed by atoms with Gasteiger partial charge in [0.25, 0.3) is 0 Å². The molecule has 1 aliphatic heterocycles. The van der Waals surface area contributed by atoms with Crippen molar-refractivity contribution in [2.24, 2.45) is 5.10 Å². The number of benzene rings is 2. The Kier molecular flexibility index (Phi) is 4.93. The van der Waals surface area contributed by atoms with Gasteiger partial charge in [0.2, 0.25) is 11.8 Å². The van der Waals surface area contributed by atoms with E-state index in [1.54, 1.807) is 0 Å². The number of anilines is 1. The first kappa shape index (κ1) is 16.9. The van der Waals surface area contributed by atoms with Gasteiger partial charge in [-0.1, -0.05) is 42.5 Å². The molecule has 2 aromatic carbocycles. The molecule has 0 saturated carbocycles. The first-order valence-electron chi connectivity index (χ1n) is 8.34. The summed E-state index contributed by atoms with van der Waals surface area (Å²) in [7, 11) is 0. The monoisotopic (exact) mass is 335 g/mol. The molecule has 1 aliphatic rings. The van der Waals surface area contributed by atoms with Crippen LogP contribution in [0.4, 0.5) is 5.69 Å². The van der Waals surface area contributed by atoms with Gasteiger partial charge in [0.15, 0.2) is 0 Å². The summed E-state index contributed by atoms with van der Waals surface area (Å²) in [6.45, 7) is 3.88. The molecule has 0 unspecified atom stereocenters. The van der Waals surface area contributed by atoms with E-state index in [1.165, 1.54) is 5.01 Å². The topological polar surface area (TPSA) is 61.8 Å². The van der Waals surface area contributed by atoms with Gasteiger partial charge in [0.05, 0.1) is 5.71 Å². The number of carbonyl (C=O) groups is 2.